The molecule has 1 atom stereocenters. The van der Waals surface area contributed by atoms with Crippen LogP contribution in [0, 0.1) is 0 Å². The summed E-state index contributed by atoms with van der Waals surface area (Å²) in [5.74, 6) is 1.45. The lowest BCUT2D eigenvalue weighted by Crippen LogP contribution is -2.47. The van der Waals surface area contributed by atoms with E-state index in [2.05, 4.69) is 25.8 Å². The molecule has 1 unspecified atom stereocenters. The van der Waals surface area contributed by atoms with E-state index in [0.29, 0.717) is 18.5 Å². The van der Waals surface area contributed by atoms with Crippen LogP contribution in [0.15, 0.2) is 29.3 Å². The predicted molar refractivity (Wildman–Crippen MR) is 112 cm³/mol. The van der Waals surface area contributed by atoms with Gasteiger partial charge in [0.1, 0.15) is 5.75 Å². The highest BCUT2D eigenvalue weighted by Crippen LogP contribution is 2.26. The third-order valence-corrected chi connectivity index (χ3v) is 5.69. The molecule has 0 spiro atoms. The van der Waals surface area contributed by atoms with Gasteiger partial charge >= 0.3 is 0 Å². The van der Waals surface area contributed by atoms with Crippen molar-refractivity contribution in [2.45, 2.75) is 50.7 Å². The van der Waals surface area contributed by atoms with Gasteiger partial charge in [-0.05, 0) is 37.0 Å². The fourth-order valence-corrected chi connectivity index (χ4v) is 4.06. The van der Waals surface area contributed by atoms with Crippen LogP contribution in [0.25, 0.3) is 0 Å². The molecule has 2 fully saturated rings. The van der Waals surface area contributed by atoms with Gasteiger partial charge in [0, 0.05) is 38.8 Å². The molecule has 3 rings (SSSR count). The lowest BCUT2D eigenvalue weighted by atomic mass is 10.2. The summed E-state index contributed by atoms with van der Waals surface area (Å²) in [6.07, 6.45) is 6.55. The predicted octanol–water partition coefficient (Wildman–Crippen LogP) is 1.49. The van der Waals surface area contributed by atoms with Gasteiger partial charge in [-0.3, -0.25) is 14.7 Å². The van der Waals surface area contributed by atoms with Crippen molar-refractivity contribution in [1.82, 2.24) is 20.9 Å². The van der Waals surface area contributed by atoms with E-state index >= 15 is 0 Å². The fourth-order valence-electron chi connectivity index (χ4n) is 4.06. The molecule has 1 heterocycles. The highest BCUT2D eigenvalue weighted by atomic mass is 16.5. The first kappa shape index (κ1) is 20.5. The Morgan fingerprint density at radius 3 is 2.61 bits per heavy atom. The first-order valence-electron chi connectivity index (χ1n) is 10.3. The van der Waals surface area contributed by atoms with E-state index < -0.39 is 0 Å². The molecule has 1 aromatic rings. The number of nitrogens with zero attached hydrogens (tertiary/aromatic N) is 2. The number of hydrogen-bond donors (Lipinski definition) is 3. The number of aliphatic imine (C=N–C) groups is 1. The molecule has 2 aliphatic rings. The van der Waals surface area contributed by atoms with Gasteiger partial charge in [-0.25, -0.2) is 0 Å². The van der Waals surface area contributed by atoms with Crippen LogP contribution in [0.3, 0.4) is 0 Å². The Bertz CT molecular complexity index is 655. The molecular weight excluding hydrogens is 354 g/mol. The number of rotatable bonds is 7. The minimum atomic E-state index is -0.0576. The van der Waals surface area contributed by atoms with Crippen molar-refractivity contribution in [3.05, 3.63) is 29.8 Å². The second-order valence-electron chi connectivity index (χ2n) is 7.61. The fraction of sp³-hybridized carbons (Fsp3) is 0.619. The number of carbonyl (C=O) groups excluding carboxylic acids is 1. The van der Waals surface area contributed by atoms with Gasteiger partial charge in [-0.2, -0.15) is 0 Å². The summed E-state index contributed by atoms with van der Waals surface area (Å²) < 4.78 is 5.14. The Balaban J connectivity index is 1.35. The Hall–Kier alpha value is -2.28. The van der Waals surface area contributed by atoms with E-state index in [1.165, 1.54) is 25.7 Å². The van der Waals surface area contributed by atoms with Crippen molar-refractivity contribution in [2.24, 2.45) is 4.99 Å². The van der Waals surface area contributed by atoms with Crippen molar-refractivity contribution < 1.29 is 9.53 Å². The molecular formula is C21H33N5O2. The highest BCUT2D eigenvalue weighted by molar-refractivity contribution is 5.86. The van der Waals surface area contributed by atoms with Gasteiger partial charge in [-0.1, -0.05) is 25.0 Å². The first-order valence-corrected chi connectivity index (χ1v) is 10.3. The standard InChI is InChI=1S/C21H33N5O2/c1-22-21(25-17-11-12-26(15-17)18-5-3-4-6-18)24-14-20(27)23-13-16-7-9-19(28-2)10-8-16/h7-10,17-18H,3-6,11-15H2,1-2H3,(H,23,27)(H2,22,24,25). The van der Waals surface area contributed by atoms with Crippen molar-refractivity contribution >= 4 is 11.9 Å². The van der Waals surface area contributed by atoms with Gasteiger partial charge in [0.2, 0.25) is 5.91 Å². The van der Waals surface area contributed by atoms with E-state index in [9.17, 15) is 4.79 Å². The van der Waals surface area contributed by atoms with Crippen LogP contribution in [0.4, 0.5) is 0 Å². The average molecular weight is 388 g/mol. The van der Waals surface area contributed by atoms with Crippen molar-refractivity contribution in [3.63, 3.8) is 0 Å². The number of hydrogen-bond acceptors (Lipinski definition) is 4. The topological polar surface area (TPSA) is 78.0 Å². The van der Waals surface area contributed by atoms with Gasteiger partial charge in [-0.15, -0.1) is 0 Å². The second-order valence-corrected chi connectivity index (χ2v) is 7.61. The summed E-state index contributed by atoms with van der Waals surface area (Å²) in [6, 6.07) is 8.84. The summed E-state index contributed by atoms with van der Waals surface area (Å²) in [4.78, 5) is 19.0. The lowest BCUT2D eigenvalue weighted by Gasteiger charge is -2.24. The Morgan fingerprint density at radius 1 is 1.18 bits per heavy atom. The molecule has 7 heteroatoms. The number of likely N-dealkylation sites (tertiary alicyclic amines) is 1. The van der Waals surface area contributed by atoms with E-state index in [-0.39, 0.29) is 12.5 Å². The molecule has 0 bridgehead atoms. The minimum Gasteiger partial charge on any atom is -0.497 e. The number of guanidine groups is 1. The normalized spacial score (nSPS) is 20.9. The van der Waals surface area contributed by atoms with Gasteiger partial charge in [0.25, 0.3) is 0 Å². The maximum Gasteiger partial charge on any atom is 0.239 e. The van der Waals surface area contributed by atoms with Crippen LogP contribution in [-0.4, -0.2) is 62.6 Å². The zero-order valence-electron chi connectivity index (χ0n) is 17.0. The Morgan fingerprint density at radius 2 is 1.93 bits per heavy atom. The van der Waals surface area contributed by atoms with Crippen LogP contribution >= 0.6 is 0 Å². The molecule has 0 aromatic heterocycles. The third kappa shape index (κ3) is 5.86. The summed E-state index contributed by atoms with van der Waals surface area (Å²) >= 11 is 0. The molecule has 1 amide bonds. The molecule has 3 N–H and O–H groups in total. The third-order valence-electron chi connectivity index (χ3n) is 5.69. The monoisotopic (exact) mass is 387 g/mol. The lowest BCUT2D eigenvalue weighted by molar-refractivity contribution is -0.120. The van der Waals surface area contributed by atoms with E-state index in [0.717, 1.165) is 36.9 Å². The van der Waals surface area contributed by atoms with E-state index in [4.69, 9.17) is 4.74 Å². The Kier molecular flexibility index (Phi) is 7.54. The second kappa shape index (κ2) is 10.3. The van der Waals surface area contributed by atoms with Gasteiger partial charge < -0.3 is 20.7 Å². The smallest absolute Gasteiger partial charge is 0.239 e. The maximum absolute atomic E-state index is 12.1. The summed E-state index contributed by atoms with van der Waals surface area (Å²) in [5, 5.41) is 9.51. The quantitative estimate of drug-likeness (QED) is 0.488. The Labute approximate surface area is 167 Å². The molecule has 1 aromatic carbocycles. The SMILES string of the molecule is CN=C(NCC(=O)NCc1ccc(OC)cc1)NC1CCN(C2CCCC2)C1. The molecule has 28 heavy (non-hydrogen) atoms. The minimum absolute atomic E-state index is 0.0576. The molecule has 0 radical (unpaired) electrons. The van der Waals surface area contributed by atoms with Crippen molar-refractivity contribution in [3.8, 4) is 5.75 Å². The zero-order chi connectivity index (χ0) is 19.8. The van der Waals surface area contributed by atoms with Gasteiger partial charge in [0.05, 0.1) is 13.7 Å². The molecule has 1 aliphatic carbocycles. The number of benzene rings is 1. The molecule has 154 valence electrons. The largest absolute Gasteiger partial charge is 0.497 e. The van der Waals surface area contributed by atoms with E-state index in [1.807, 2.05) is 24.3 Å². The number of amides is 1. The average Bonchev–Trinajstić information content (AvgIpc) is 3.41. The number of nitrogens with one attached hydrogen (secondary N) is 3. The molecule has 1 saturated carbocycles. The van der Waals surface area contributed by atoms with Crippen LogP contribution < -0.4 is 20.7 Å². The molecule has 1 saturated heterocycles. The number of ether oxygens (including phenoxy) is 1. The van der Waals surface area contributed by atoms with E-state index in [1.54, 1.807) is 14.2 Å². The van der Waals surface area contributed by atoms with Crippen LogP contribution in [-0.2, 0) is 11.3 Å². The summed E-state index contributed by atoms with van der Waals surface area (Å²) in [7, 11) is 3.38. The summed E-state index contributed by atoms with van der Waals surface area (Å²) in [5.41, 5.74) is 1.04. The van der Waals surface area contributed by atoms with Crippen LogP contribution in [0.5, 0.6) is 5.75 Å². The first-order chi connectivity index (χ1) is 13.7. The molecule has 1 aliphatic heterocycles. The maximum atomic E-state index is 12.1. The van der Waals surface area contributed by atoms with Crippen LogP contribution in [0.2, 0.25) is 0 Å². The highest BCUT2D eigenvalue weighted by Gasteiger charge is 2.30. The van der Waals surface area contributed by atoms with Crippen molar-refractivity contribution in [1.29, 1.82) is 0 Å². The summed E-state index contributed by atoms with van der Waals surface area (Å²) in [6.45, 7) is 2.92. The van der Waals surface area contributed by atoms with Crippen molar-refractivity contribution in [2.75, 3.05) is 33.8 Å². The zero-order valence-corrected chi connectivity index (χ0v) is 17.0. The number of carbonyl (C=O) groups is 1. The van der Waals surface area contributed by atoms with Gasteiger partial charge in [0.15, 0.2) is 5.96 Å². The number of methoxy groups -OCH3 is 1. The van der Waals surface area contributed by atoms with Crippen LogP contribution in [0.1, 0.15) is 37.7 Å². The molecule has 7 nitrogen and oxygen atoms in total.